The molecule has 0 radical (unpaired) electrons. The van der Waals surface area contributed by atoms with Crippen LogP contribution in [0.25, 0.3) is 0 Å². The highest BCUT2D eigenvalue weighted by atomic mass is 16.3. The molecule has 20 heavy (non-hydrogen) atoms. The number of aliphatic hydroxyl groups excluding tert-OH is 1. The molecule has 114 valence electrons. The van der Waals surface area contributed by atoms with Gasteiger partial charge < -0.3 is 14.6 Å². The van der Waals surface area contributed by atoms with E-state index in [4.69, 9.17) is 0 Å². The summed E-state index contributed by atoms with van der Waals surface area (Å²) < 4.78 is 2.02. The van der Waals surface area contributed by atoms with Crippen molar-refractivity contribution in [3.8, 4) is 0 Å². The van der Waals surface area contributed by atoms with Crippen LogP contribution in [0.2, 0.25) is 0 Å². The van der Waals surface area contributed by atoms with Gasteiger partial charge in [0.1, 0.15) is 5.82 Å². The highest BCUT2D eigenvalue weighted by Crippen LogP contribution is 2.16. The van der Waals surface area contributed by atoms with Gasteiger partial charge in [-0.3, -0.25) is 4.90 Å². The summed E-state index contributed by atoms with van der Waals surface area (Å²) in [5.74, 6) is 1.88. The number of hydrogen-bond acceptors (Lipinski definition) is 4. The van der Waals surface area contributed by atoms with Gasteiger partial charge in [0.25, 0.3) is 0 Å². The Morgan fingerprint density at radius 3 is 2.75 bits per heavy atom. The Morgan fingerprint density at radius 2 is 2.15 bits per heavy atom. The predicted octanol–water partition coefficient (Wildman–Crippen LogP) is 0.945. The van der Waals surface area contributed by atoms with Crippen LogP contribution in [0, 0.1) is 5.92 Å². The first-order chi connectivity index (χ1) is 9.54. The van der Waals surface area contributed by atoms with Crippen molar-refractivity contribution in [2.24, 2.45) is 13.0 Å². The molecule has 1 aliphatic heterocycles. The zero-order valence-electron chi connectivity index (χ0n) is 13.0. The fourth-order valence-electron chi connectivity index (χ4n) is 2.81. The average Bonchev–Trinajstić information content (AvgIpc) is 2.77. The predicted molar refractivity (Wildman–Crippen MR) is 80.4 cm³/mol. The molecule has 2 rings (SSSR count). The quantitative estimate of drug-likeness (QED) is 0.842. The van der Waals surface area contributed by atoms with Crippen LogP contribution in [0.5, 0.6) is 0 Å². The van der Waals surface area contributed by atoms with Crippen LogP contribution >= 0.6 is 0 Å². The molecule has 1 aromatic rings. The number of rotatable bonds is 6. The highest BCUT2D eigenvalue weighted by molar-refractivity contribution is 4.90. The van der Waals surface area contributed by atoms with Crippen molar-refractivity contribution >= 4 is 0 Å². The minimum Gasteiger partial charge on any atom is -0.390 e. The summed E-state index contributed by atoms with van der Waals surface area (Å²) in [6.45, 7) is 6.82. The van der Waals surface area contributed by atoms with E-state index < -0.39 is 0 Å². The van der Waals surface area contributed by atoms with Crippen molar-refractivity contribution in [1.82, 2.24) is 19.4 Å². The first-order valence-corrected chi connectivity index (χ1v) is 7.59. The molecule has 1 aromatic heterocycles. The second kappa shape index (κ2) is 7.20. The summed E-state index contributed by atoms with van der Waals surface area (Å²) in [7, 11) is 4.04. The van der Waals surface area contributed by atoms with Crippen LogP contribution in [0.4, 0.5) is 0 Å². The van der Waals surface area contributed by atoms with Crippen molar-refractivity contribution in [2.45, 2.75) is 32.4 Å². The van der Waals surface area contributed by atoms with Crippen molar-refractivity contribution in [3.63, 3.8) is 0 Å². The number of likely N-dealkylation sites (N-methyl/N-ethyl adjacent to an activating group) is 1. The topological polar surface area (TPSA) is 44.5 Å². The molecule has 0 amide bonds. The maximum absolute atomic E-state index is 10.2. The first kappa shape index (κ1) is 15.5. The molecule has 0 aromatic carbocycles. The van der Waals surface area contributed by atoms with Gasteiger partial charge in [-0.25, -0.2) is 4.98 Å². The maximum atomic E-state index is 10.2. The van der Waals surface area contributed by atoms with E-state index in [2.05, 4.69) is 21.7 Å². The van der Waals surface area contributed by atoms with Gasteiger partial charge in [0, 0.05) is 32.5 Å². The van der Waals surface area contributed by atoms with Gasteiger partial charge in [0.15, 0.2) is 0 Å². The van der Waals surface area contributed by atoms with Crippen LogP contribution in [-0.2, 0) is 13.6 Å². The number of nitrogens with zero attached hydrogens (tertiary/aromatic N) is 4. The smallest absolute Gasteiger partial charge is 0.122 e. The molecule has 0 spiro atoms. The van der Waals surface area contributed by atoms with Crippen molar-refractivity contribution in [2.75, 3.05) is 33.2 Å². The molecular formula is C15H28N4O. The van der Waals surface area contributed by atoms with Crippen molar-refractivity contribution in [1.29, 1.82) is 0 Å². The molecule has 5 nitrogen and oxygen atoms in total. The molecule has 1 N–H and O–H groups in total. The van der Waals surface area contributed by atoms with Gasteiger partial charge in [-0.05, 0) is 38.9 Å². The molecule has 0 bridgehead atoms. The fraction of sp³-hybridized carbons (Fsp3) is 0.800. The summed E-state index contributed by atoms with van der Waals surface area (Å²) in [5.41, 5.74) is 0. The molecule has 5 heteroatoms. The Kier molecular flexibility index (Phi) is 5.57. The van der Waals surface area contributed by atoms with Crippen LogP contribution in [0.3, 0.4) is 0 Å². The zero-order chi connectivity index (χ0) is 14.5. The number of aryl methyl sites for hydroxylation is 1. The molecule has 1 aliphatic rings. The molecule has 0 saturated carbocycles. The second-order valence-electron chi connectivity index (χ2n) is 6.29. The third-order valence-corrected chi connectivity index (χ3v) is 4.20. The van der Waals surface area contributed by atoms with Crippen LogP contribution in [0.1, 0.15) is 25.6 Å². The summed E-state index contributed by atoms with van der Waals surface area (Å²) in [5, 5.41) is 10.2. The lowest BCUT2D eigenvalue weighted by Gasteiger charge is -2.32. The number of β-amino-alcohol motifs (C(OH)–C–C–N with tert-alkyl or cyclic N) is 1. The van der Waals surface area contributed by atoms with E-state index >= 15 is 0 Å². The van der Waals surface area contributed by atoms with Crippen molar-refractivity contribution in [3.05, 3.63) is 18.2 Å². The van der Waals surface area contributed by atoms with Crippen LogP contribution in [-0.4, -0.2) is 63.8 Å². The summed E-state index contributed by atoms with van der Waals surface area (Å²) in [6.07, 6.45) is 6.00. The van der Waals surface area contributed by atoms with Gasteiger partial charge in [-0.15, -0.1) is 0 Å². The van der Waals surface area contributed by atoms with E-state index in [1.807, 2.05) is 31.1 Å². The van der Waals surface area contributed by atoms with Gasteiger partial charge in [0.05, 0.1) is 12.6 Å². The summed E-state index contributed by atoms with van der Waals surface area (Å²) in [6, 6.07) is 0. The lowest BCUT2D eigenvalue weighted by molar-refractivity contribution is 0.0655. The number of aliphatic hydroxyl groups is 1. The first-order valence-electron chi connectivity index (χ1n) is 7.59. The van der Waals surface area contributed by atoms with E-state index in [0.717, 1.165) is 37.9 Å². The van der Waals surface area contributed by atoms with Gasteiger partial charge in [-0.2, -0.15) is 0 Å². The Balaban J connectivity index is 1.71. The maximum Gasteiger partial charge on any atom is 0.122 e. The van der Waals surface area contributed by atoms with Crippen molar-refractivity contribution < 1.29 is 5.11 Å². The number of hydrogen-bond donors (Lipinski definition) is 1. The van der Waals surface area contributed by atoms with E-state index in [9.17, 15) is 5.11 Å². The normalized spacial score (nSPS) is 19.6. The number of aromatic nitrogens is 2. The molecule has 1 atom stereocenters. The SMILES string of the molecule is CC1CCN(CC(O)CN(C)Cc2nccn2C)CC1. The van der Waals surface area contributed by atoms with E-state index in [1.54, 1.807) is 0 Å². The van der Waals surface area contributed by atoms with Gasteiger partial charge in [0.2, 0.25) is 0 Å². The largest absolute Gasteiger partial charge is 0.390 e. The summed E-state index contributed by atoms with van der Waals surface area (Å²) >= 11 is 0. The van der Waals surface area contributed by atoms with Crippen LogP contribution < -0.4 is 0 Å². The highest BCUT2D eigenvalue weighted by Gasteiger charge is 2.19. The lowest BCUT2D eigenvalue weighted by Crippen LogP contribution is -2.42. The summed E-state index contributed by atoms with van der Waals surface area (Å²) in [4.78, 5) is 8.84. The molecule has 1 fully saturated rings. The Morgan fingerprint density at radius 1 is 1.45 bits per heavy atom. The second-order valence-corrected chi connectivity index (χ2v) is 6.29. The third-order valence-electron chi connectivity index (χ3n) is 4.20. The van der Waals surface area contributed by atoms with Gasteiger partial charge >= 0.3 is 0 Å². The molecule has 0 aliphatic carbocycles. The van der Waals surface area contributed by atoms with E-state index in [-0.39, 0.29) is 6.10 Å². The Bertz CT molecular complexity index is 398. The Hall–Kier alpha value is -0.910. The molecular weight excluding hydrogens is 252 g/mol. The fourth-order valence-corrected chi connectivity index (χ4v) is 2.81. The standard InChI is InChI=1S/C15H28N4O/c1-13-4-7-19(8-5-13)11-14(20)10-17(2)12-15-16-6-9-18(15)3/h6,9,13-14,20H,4-5,7-8,10-12H2,1-3H3. The minimum atomic E-state index is -0.284. The Labute approximate surface area is 122 Å². The third kappa shape index (κ3) is 4.58. The molecule has 1 saturated heterocycles. The minimum absolute atomic E-state index is 0.284. The van der Waals surface area contributed by atoms with Crippen LogP contribution in [0.15, 0.2) is 12.4 Å². The number of likely N-dealkylation sites (tertiary alicyclic amines) is 1. The van der Waals surface area contributed by atoms with E-state index in [0.29, 0.717) is 6.54 Å². The molecule has 2 heterocycles. The number of piperidine rings is 1. The zero-order valence-corrected chi connectivity index (χ0v) is 13.0. The van der Waals surface area contributed by atoms with Gasteiger partial charge in [-0.1, -0.05) is 6.92 Å². The lowest BCUT2D eigenvalue weighted by atomic mass is 9.99. The van der Waals surface area contributed by atoms with E-state index in [1.165, 1.54) is 12.8 Å². The monoisotopic (exact) mass is 280 g/mol. The molecule has 1 unspecified atom stereocenters. The average molecular weight is 280 g/mol. The number of imidazole rings is 1.